The second kappa shape index (κ2) is 7.93. The molecule has 2 rings (SSSR count). The lowest BCUT2D eigenvalue weighted by Crippen LogP contribution is -2.22. The molecule has 1 amide bonds. The lowest BCUT2D eigenvalue weighted by Gasteiger charge is -2.07. The van der Waals surface area contributed by atoms with Gasteiger partial charge in [-0.15, -0.1) is 0 Å². The van der Waals surface area contributed by atoms with Crippen molar-refractivity contribution in [2.45, 2.75) is 19.9 Å². The Balaban J connectivity index is 1.93. The van der Waals surface area contributed by atoms with Crippen LogP contribution in [0.15, 0.2) is 48.5 Å². The van der Waals surface area contributed by atoms with Crippen molar-refractivity contribution in [1.29, 1.82) is 0 Å². The van der Waals surface area contributed by atoms with Crippen LogP contribution < -0.4 is 10.1 Å². The fourth-order valence-electron chi connectivity index (χ4n) is 1.97. The van der Waals surface area contributed by atoms with E-state index in [2.05, 4.69) is 5.32 Å². The highest BCUT2D eigenvalue weighted by atomic mass is 16.6. The zero-order valence-corrected chi connectivity index (χ0v) is 12.8. The Morgan fingerprint density at radius 2 is 1.96 bits per heavy atom. The largest absolute Gasteiger partial charge is 0.494 e. The highest BCUT2D eigenvalue weighted by molar-refractivity contribution is 5.94. The highest BCUT2D eigenvalue weighted by Crippen LogP contribution is 2.14. The molecule has 6 nitrogen and oxygen atoms in total. The third-order valence-corrected chi connectivity index (χ3v) is 3.17. The summed E-state index contributed by atoms with van der Waals surface area (Å²) in [4.78, 5) is 22.2. The third-order valence-electron chi connectivity index (χ3n) is 3.17. The van der Waals surface area contributed by atoms with Gasteiger partial charge in [0.25, 0.3) is 11.6 Å². The Hall–Kier alpha value is -2.89. The number of nitro benzene ring substituents is 1. The number of hydrogen-bond acceptors (Lipinski definition) is 4. The maximum Gasteiger partial charge on any atom is 0.270 e. The maximum absolute atomic E-state index is 12.0. The van der Waals surface area contributed by atoms with Crippen LogP contribution in [0, 0.1) is 10.1 Å². The second-order valence-corrected chi connectivity index (χ2v) is 4.98. The van der Waals surface area contributed by atoms with Crippen molar-refractivity contribution in [3.8, 4) is 5.75 Å². The summed E-state index contributed by atoms with van der Waals surface area (Å²) in [6.45, 7) is 3.05. The fourth-order valence-corrected chi connectivity index (χ4v) is 1.97. The average molecular weight is 314 g/mol. The molecule has 0 unspecified atom stereocenters. The zero-order valence-electron chi connectivity index (χ0n) is 12.8. The number of ether oxygens (including phenoxy) is 1. The van der Waals surface area contributed by atoms with Crippen molar-refractivity contribution in [2.24, 2.45) is 0 Å². The minimum absolute atomic E-state index is 0.102. The van der Waals surface area contributed by atoms with E-state index >= 15 is 0 Å². The van der Waals surface area contributed by atoms with Gasteiger partial charge in [0.05, 0.1) is 11.5 Å². The Morgan fingerprint density at radius 3 is 2.61 bits per heavy atom. The first-order valence-electron chi connectivity index (χ1n) is 7.34. The fraction of sp³-hybridized carbons (Fsp3) is 0.235. The molecule has 6 heteroatoms. The molecule has 0 aromatic heterocycles. The standard InChI is InChI=1S/C17H18N2O4/c1-2-10-23-16-8-6-13(7-9-16)12-18-17(20)14-4-3-5-15(11-14)19(21)22/h3-9,11H,2,10,12H2,1H3,(H,18,20). The number of carbonyl (C=O) groups is 1. The van der Waals surface area contributed by atoms with Gasteiger partial charge in [0.2, 0.25) is 0 Å². The molecule has 0 aliphatic carbocycles. The van der Waals surface area contributed by atoms with Crippen LogP contribution in [-0.4, -0.2) is 17.4 Å². The number of nitrogens with one attached hydrogen (secondary N) is 1. The van der Waals surface area contributed by atoms with Gasteiger partial charge in [-0.1, -0.05) is 25.1 Å². The van der Waals surface area contributed by atoms with Gasteiger partial charge in [-0.25, -0.2) is 0 Å². The molecule has 0 atom stereocenters. The maximum atomic E-state index is 12.0. The van der Waals surface area contributed by atoms with E-state index in [9.17, 15) is 14.9 Å². The third kappa shape index (κ3) is 4.81. The lowest BCUT2D eigenvalue weighted by atomic mass is 10.1. The van der Waals surface area contributed by atoms with Crippen molar-refractivity contribution >= 4 is 11.6 Å². The number of benzene rings is 2. The van der Waals surface area contributed by atoms with E-state index in [1.165, 1.54) is 18.2 Å². The molecular weight excluding hydrogens is 296 g/mol. The van der Waals surface area contributed by atoms with Gasteiger partial charge in [0.15, 0.2) is 0 Å². The van der Waals surface area contributed by atoms with E-state index in [4.69, 9.17) is 4.74 Å². The van der Waals surface area contributed by atoms with Crippen LogP contribution in [0.5, 0.6) is 5.75 Å². The van der Waals surface area contributed by atoms with E-state index in [1.807, 2.05) is 31.2 Å². The van der Waals surface area contributed by atoms with Crippen LogP contribution in [0.25, 0.3) is 0 Å². The summed E-state index contributed by atoms with van der Waals surface area (Å²) in [7, 11) is 0. The SMILES string of the molecule is CCCOc1ccc(CNC(=O)c2cccc([N+](=O)[O-])c2)cc1. The van der Waals surface area contributed by atoms with Crippen molar-refractivity contribution in [3.63, 3.8) is 0 Å². The van der Waals surface area contributed by atoms with Crippen LogP contribution in [0.1, 0.15) is 29.3 Å². The van der Waals surface area contributed by atoms with Gasteiger partial charge in [0.1, 0.15) is 5.75 Å². The molecule has 2 aromatic carbocycles. The van der Waals surface area contributed by atoms with Gasteiger partial charge in [0, 0.05) is 24.2 Å². The first-order chi connectivity index (χ1) is 11.1. The normalized spacial score (nSPS) is 10.1. The van der Waals surface area contributed by atoms with E-state index in [-0.39, 0.29) is 17.2 Å². The van der Waals surface area contributed by atoms with Gasteiger partial charge < -0.3 is 10.1 Å². The summed E-state index contributed by atoms with van der Waals surface area (Å²) in [5, 5.41) is 13.5. The minimum Gasteiger partial charge on any atom is -0.494 e. The predicted molar refractivity (Wildman–Crippen MR) is 86.5 cm³/mol. The summed E-state index contributed by atoms with van der Waals surface area (Å²) < 4.78 is 5.49. The number of non-ortho nitro benzene ring substituents is 1. The molecule has 0 saturated carbocycles. The van der Waals surface area contributed by atoms with E-state index in [0.717, 1.165) is 17.7 Å². The number of amides is 1. The number of nitro groups is 1. The highest BCUT2D eigenvalue weighted by Gasteiger charge is 2.11. The summed E-state index contributed by atoms with van der Waals surface area (Å²) in [6.07, 6.45) is 0.945. The predicted octanol–water partition coefficient (Wildman–Crippen LogP) is 3.31. The molecule has 120 valence electrons. The van der Waals surface area contributed by atoms with E-state index < -0.39 is 4.92 Å². The first kappa shape index (κ1) is 16.5. The van der Waals surface area contributed by atoms with Gasteiger partial charge in [-0.2, -0.15) is 0 Å². The van der Waals surface area contributed by atoms with Crippen LogP contribution in [0.3, 0.4) is 0 Å². The molecule has 1 N–H and O–H groups in total. The minimum atomic E-state index is -0.522. The van der Waals surface area contributed by atoms with Crippen LogP contribution in [-0.2, 0) is 6.54 Å². The van der Waals surface area contributed by atoms with Crippen LogP contribution in [0.4, 0.5) is 5.69 Å². The topological polar surface area (TPSA) is 81.5 Å². The number of carbonyl (C=O) groups excluding carboxylic acids is 1. The Kier molecular flexibility index (Phi) is 5.68. The molecule has 0 fully saturated rings. The van der Waals surface area contributed by atoms with Crippen LogP contribution in [0.2, 0.25) is 0 Å². The zero-order chi connectivity index (χ0) is 16.7. The number of hydrogen-bond donors (Lipinski definition) is 1. The number of nitrogens with zero attached hydrogens (tertiary/aromatic N) is 1. The Morgan fingerprint density at radius 1 is 1.22 bits per heavy atom. The van der Waals surface area contributed by atoms with Crippen molar-refractivity contribution in [3.05, 3.63) is 69.8 Å². The quantitative estimate of drug-likeness (QED) is 0.628. The summed E-state index contributed by atoms with van der Waals surface area (Å²) in [6, 6.07) is 13.1. The van der Waals surface area contributed by atoms with Gasteiger partial charge in [-0.05, 0) is 30.2 Å². The summed E-state index contributed by atoms with van der Waals surface area (Å²) in [5.74, 6) is 0.445. The van der Waals surface area contributed by atoms with Crippen molar-refractivity contribution in [2.75, 3.05) is 6.61 Å². The van der Waals surface area contributed by atoms with Crippen molar-refractivity contribution < 1.29 is 14.5 Å². The van der Waals surface area contributed by atoms with Gasteiger partial charge >= 0.3 is 0 Å². The van der Waals surface area contributed by atoms with Gasteiger partial charge in [-0.3, -0.25) is 14.9 Å². The lowest BCUT2D eigenvalue weighted by molar-refractivity contribution is -0.384. The molecule has 23 heavy (non-hydrogen) atoms. The smallest absolute Gasteiger partial charge is 0.270 e. The Labute approximate surface area is 134 Å². The number of rotatable bonds is 7. The molecule has 0 bridgehead atoms. The first-order valence-corrected chi connectivity index (χ1v) is 7.34. The van der Waals surface area contributed by atoms with E-state index in [1.54, 1.807) is 6.07 Å². The van der Waals surface area contributed by atoms with Crippen molar-refractivity contribution in [1.82, 2.24) is 5.32 Å². The molecule has 0 radical (unpaired) electrons. The molecular formula is C17H18N2O4. The Bertz CT molecular complexity index is 683. The average Bonchev–Trinajstić information content (AvgIpc) is 2.58. The summed E-state index contributed by atoms with van der Waals surface area (Å²) in [5.41, 5.74) is 1.09. The monoisotopic (exact) mass is 314 g/mol. The molecule has 2 aromatic rings. The summed E-state index contributed by atoms with van der Waals surface area (Å²) >= 11 is 0. The molecule has 0 spiro atoms. The molecule has 0 aliphatic heterocycles. The van der Waals surface area contributed by atoms with Crippen LogP contribution >= 0.6 is 0 Å². The molecule has 0 aliphatic rings. The molecule has 0 saturated heterocycles. The molecule has 0 heterocycles. The second-order valence-electron chi connectivity index (χ2n) is 4.98. The van der Waals surface area contributed by atoms with E-state index in [0.29, 0.717) is 13.2 Å².